The highest BCUT2D eigenvalue weighted by Crippen LogP contribution is 2.26. The molecule has 1 aromatic heterocycles. The van der Waals surface area contributed by atoms with Crippen LogP contribution in [0.1, 0.15) is 55.1 Å². The highest BCUT2D eigenvalue weighted by molar-refractivity contribution is 5.92. The van der Waals surface area contributed by atoms with Gasteiger partial charge in [-0.2, -0.15) is 5.26 Å². The number of rotatable bonds is 3. The Labute approximate surface area is 113 Å². The van der Waals surface area contributed by atoms with Crippen LogP contribution >= 0.6 is 0 Å². The summed E-state index contributed by atoms with van der Waals surface area (Å²) in [6, 6.07) is 5.49. The van der Waals surface area contributed by atoms with E-state index in [1.807, 2.05) is 6.07 Å². The average Bonchev–Trinajstić information content (AvgIpc) is 2.47. The van der Waals surface area contributed by atoms with E-state index in [4.69, 9.17) is 5.26 Å². The van der Waals surface area contributed by atoms with Crippen molar-refractivity contribution >= 4 is 5.91 Å². The van der Waals surface area contributed by atoms with Crippen molar-refractivity contribution in [3.63, 3.8) is 0 Å². The molecule has 0 aromatic carbocycles. The monoisotopic (exact) mass is 257 g/mol. The lowest BCUT2D eigenvalue weighted by Crippen LogP contribution is -2.38. The molecule has 19 heavy (non-hydrogen) atoms. The third-order valence-corrected chi connectivity index (χ3v) is 3.82. The Kier molecular flexibility index (Phi) is 4.51. The number of aromatic nitrogens is 1. The van der Waals surface area contributed by atoms with Crippen LogP contribution < -0.4 is 5.32 Å². The Balaban J connectivity index is 1.94. The van der Waals surface area contributed by atoms with Crippen LogP contribution in [0, 0.1) is 17.2 Å². The van der Waals surface area contributed by atoms with E-state index in [-0.39, 0.29) is 11.9 Å². The van der Waals surface area contributed by atoms with Gasteiger partial charge in [0, 0.05) is 12.2 Å². The normalized spacial score (nSPS) is 22.5. The number of carbonyl (C=O) groups excluding carboxylic acids is 1. The summed E-state index contributed by atoms with van der Waals surface area (Å²) in [7, 11) is 0. The van der Waals surface area contributed by atoms with Crippen LogP contribution in [0.25, 0.3) is 0 Å². The molecule has 100 valence electrons. The van der Waals surface area contributed by atoms with Gasteiger partial charge in [0.2, 0.25) is 0 Å². The van der Waals surface area contributed by atoms with Crippen LogP contribution in [0.5, 0.6) is 0 Å². The van der Waals surface area contributed by atoms with Gasteiger partial charge in [-0.05, 0) is 30.9 Å². The maximum absolute atomic E-state index is 12.1. The second kappa shape index (κ2) is 6.33. The number of carbonyl (C=O) groups is 1. The van der Waals surface area contributed by atoms with Crippen molar-refractivity contribution < 1.29 is 4.79 Å². The van der Waals surface area contributed by atoms with E-state index in [1.165, 1.54) is 25.5 Å². The lowest BCUT2D eigenvalue weighted by atomic mass is 9.84. The molecule has 0 radical (unpaired) electrons. The molecule has 4 heteroatoms. The van der Waals surface area contributed by atoms with Crippen LogP contribution in [0.4, 0.5) is 0 Å². The second-order valence-electron chi connectivity index (χ2n) is 5.16. The zero-order valence-corrected chi connectivity index (χ0v) is 11.2. The fraction of sp³-hybridized carbons (Fsp3) is 0.533. The Morgan fingerprint density at radius 2 is 2.37 bits per heavy atom. The van der Waals surface area contributed by atoms with Crippen LogP contribution in [0.3, 0.4) is 0 Å². The number of nitrogens with zero attached hydrogens (tertiary/aromatic N) is 2. The standard InChI is InChI=1S/C15H19N3O/c1-2-11-4-3-5-13(8-11)18-15(19)14-7-6-12(9-16)10-17-14/h6-7,10-11,13H,2-5,8H2,1H3,(H,18,19). The first-order valence-corrected chi connectivity index (χ1v) is 6.90. The number of hydrogen-bond acceptors (Lipinski definition) is 3. The second-order valence-corrected chi connectivity index (χ2v) is 5.16. The molecule has 2 atom stereocenters. The van der Waals surface area contributed by atoms with Gasteiger partial charge in [0.25, 0.3) is 5.91 Å². The molecule has 4 nitrogen and oxygen atoms in total. The van der Waals surface area contributed by atoms with Crippen molar-refractivity contribution in [3.05, 3.63) is 29.6 Å². The van der Waals surface area contributed by atoms with Gasteiger partial charge in [-0.15, -0.1) is 0 Å². The first-order valence-electron chi connectivity index (χ1n) is 6.90. The summed E-state index contributed by atoms with van der Waals surface area (Å²) in [6.07, 6.45) is 7.20. The minimum absolute atomic E-state index is 0.133. The zero-order chi connectivity index (χ0) is 13.7. The maximum Gasteiger partial charge on any atom is 0.270 e. The lowest BCUT2D eigenvalue weighted by molar-refractivity contribution is 0.0914. The molecular weight excluding hydrogens is 238 g/mol. The van der Waals surface area contributed by atoms with Crippen LogP contribution in [-0.4, -0.2) is 16.9 Å². The molecular formula is C15H19N3O. The zero-order valence-electron chi connectivity index (χ0n) is 11.2. The van der Waals surface area contributed by atoms with Crippen LogP contribution in [-0.2, 0) is 0 Å². The molecule has 1 N–H and O–H groups in total. The Bertz CT molecular complexity index is 475. The van der Waals surface area contributed by atoms with Crippen molar-refractivity contribution in [1.82, 2.24) is 10.3 Å². The molecule has 1 amide bonds. The van der Waals surface area contributed by atoms with Crippen LogP contribution in [0.2, 0.25) is 0 Å². The van der Waals surface area contributed by atoms with E-state index >= 15 is 0 Å². The summed E-state index contributed by atoms with van der Waals surface area (Å²) in [5.41, 5.74) is 0.859. The first-order chi connectivity index (χ1) is 9.22. The summed E-state index contributed by atoms with van der Waals surface area (Å²) < 4.78 is 0. The fourth-order valence-electron chi connectivity index (χ4n) is 2.65. The Morgan fingerprint density at radius 1 is 1.53 bits per heavy atom. The SMILES string of the molecule is CCC1CCCC(NC(=O)c2ccc(C#N)cn2)C1. The maximum atomic E-state index is 12.1. The van der Waals surface area contributed by atoms with Gasteiger partial charge in [-0.1, -0.05) is 26.2 Å². The molecule has 2 rings (SSSR count). The largest absolute Gasteiger partial charge is 0.348 e. The topological polar surface area (TPSA) is 65.8 Å². The predicted octanol–water partition coefficient (Wildman–Crippen LogP) is 2.65. The van der Waals surface area contributed by atoms with Gasteiger partial charge in [-0.25, -0.2) is 4.98 Å². The van der Waals surface area contributed by atoms with Crippen molar-refractivity contribution in [2.24, 2.45) is 5.92 Å². The van der Waals surface area contributed by atoms with Gasteiger partial charge in [0.1, 0.15) is 11.8 Å². The van der Waals surface area contributed by atoms with E-state index in [9.17, 15) is 4.79 Å². The number of pyridine rings is 1. The van der Waals surface area contributed by atoms with E-state index in [0.717, 1.165) is 18.8 Å². The van der Waals surface area contributed by atoms with E-state index in [1.54, 1.807) is 12.1 Å². The molecule has 1 fully saturated rings. The third-order valence-electron chi connectivity index (χ3n) is 3.82. The third kappa shape index (κ3) is 3.54. The molecule has 0 spiro atoms. The summed E-state index contributed by atoms with van der Waals surface area (Å²) in [5.74, 6) is 0.596. The molecule has 1 heterocycles. The van der Waals surface area contributed by atoms with Gasteiger partial charge in [0.05, 0.1) is 5.56 Å². The van der Waals surface area contributed by atoms with Gasteiger partial charge in [-0.3, -0.25) is 4.79 Å². The highest BCUT2D eigenvalue weighted by atomic mass is 16.1. The average molecular weight is 257 g/mol. The number of hydrogen-bond donors (Lipinski definition) is 1. The fourth-order valence-corrected chi connectivity index (χ4v) is 2.65. The number of amides is 1. The molecule has 1 aromatic rings. The number of nitrogens with one attached hydrogen (secondary N) is 1. The van der Waals surface area contributed by atoms with Crippen molar-refractivity contribution in [2.45, 2.75) is 45.1 Å². The first kappa shape index (κ1) is 13.5. The van der Waals surface area contributed by atoms with Crippen molar-refractivity contribution in [3.8, 4) is 6.07 Å². The molecule has 0 aliphatic heterocycles. The molecule has 1 aliphatic carbocycles. The van der Waals surface area contributed by atoms with Gasteiger partial charge < -0.3 is 5.32 Å². The summed E-state index contributed by atoms with van der Waals surface area (Å²) in [6.45, 7) is 2.21. The van der Waals surface area contributed by atoms with Crippen molar-refractivity contribution in [2.75, 3.05) is 0 Å². The van der Waals surface area contributed by atoms with Crippen LogP contribution in [0.15, 0.2) is 18.3 Å². The molecule has 2 unspecified atom stereocenters. The van der Waals surface area contributed by atoms with Gasteiger partial charge >= 0.3 is 0 Å². The minimum atomic E-state index is -0.133. The molecule has 0 bridgehead atoms. The predicted molar refractivity (Wildman–Crippen MR) is 72.5 cm³/mol. The van der Waals surface area contributed by atoms with Crippen molar-refractivity contribution in [1.29, 1.82) is 5.26 Å². The molecule has 1 aliphatic rings. The van der Waals surface area contributed by atoms with E-state index in [2.05, 4.69) is 17.2 Å². The summed E-state index contributed by atoms with van der Waals surface area (Å²) >= 11 is 0. The van der Waals surface area contributed by atoms with E-state index < -0.39 is 0 Å². The smallest absolute Gasteiger partial charge is 0.270 e. The Morgan fingerprint density at radius 3 is 3.00 bits per heavy atom. The quantitative estimate of drug-likeness (QED) is 0.905. The minimum Gasteiger partial charge on any atom is -0.348 e. The molecule has 0 saturated heterocycles. The van der Waals surface area contributed by atoms with E-state index in [0.29, 0.717) is 11.3 Å². The summed E-state index contributed by atoms with van der Waals surface area (Å²) in [5, 5.41) is 11.7. The highest BCUT2D eigenvalue weighted by Gasteiger charge is 2.22. The lowest BCUT2D eigenvalue weighted by Gasteiger charge is -2.28. The number of nitriles is 1. The van der Waals surface area contributed by atoms with Gasteiger partial charge in [0.15, 0.2) is 0 Å². The molecule has 1 saturated carbocycles. The Hall–Kier alpha value is -1.89. The summed E-state index contributed by atoms with van der Waals surface area (Å²) in [4.78, 5) is 16.1.